The Bertz CT molecular complexity index is 907. The number of fused-ring (bicyclic) bond motifs is 1. The Hall–Kier alpha value is -2.61. The Morgan fingerprint density at radius 2 is 2.00 bits per heavy atom. The third-order valence-corrected chi connectivity index (χ3v) is 5.50. The molecular formula is C24H29N3O. The van der Waals surface area contributed by atoms with Crippen LogP contribution in [-0.4, -0.2) is 13.2 Å². The average molecular weight is 376 g/mol. The number of rotatable bonds is 7. The first-order valence-electron chi connectivity index (χ1n) is 9.91. The van der Waals surface area contributed by atoms with Gasteiger partial charge in [-0.15, -0.1) is 0 Å². The van der Waals surface area contributed by atoms with Crippen LogP contribution in [0.1, 0.15) is 60.9 Å². The molecule has 2 aromatic rings. The van der Waals surface area contributed by atoms with E-state index in [0.29, 0.717) is 24.6 Å². The predicted molar refractivity (Wildman–Crippen MR) is 114 cm³/mol. The maximum absolute atomic E-state index is 9.82. The highest BCUT2D eigenvalue weighted by Crippen LogP contribution is 2.42. The Morgan fingerprint density at radius 1 is 1.29 bits per heavy atom. The van der Waals surface area contributed by atoms with Gasteiger partial charge in [-0.2, -0.15) is 5.26 Å². The highest BCUT2D eigenvalue weighted by atomic mass is 16.5. The van der Waals surface area contributed by atoms with Crippen molar-refractivity contribution in [3.05, 3.63) is 64.7 Å². The minimum absolute atomic E-state index is 0.238. The zero-order chi connectivity index (χ0) is 20.3. The molecule has 0 fully saturated rings. The fourth-order valence-corrected chi connectivity index (χ4v) is 3.71. The number of nitriles is 1. The summed E-state index contributed by atoms with van der Waals surface area (Å²) >= 11 is 0. The lowest BCUT2D eigenvalue weighted by Gasteiger charge is -2.19. The number of nitrogens with zero attached hydrogens (tertiary/aromatic N) is 1. The second-order valence-electron chi connectivity index (χ2n) is 7.78. The molecule has 0 saturated carbocycles. The van der Waals surface area contributed by atoms with Crippen molar-refractivity contribution < 1.29 is 4.74 Å². The van der Waals surface area contributed by atoms with Crippen molar-refractivity contribution in [1.82, 2.24) is 0 Å². The molecule has 4 nitrogen and oxygen atoms in total. The first kappa shape index (κ1) is 20.1. The second-order valence-corrected chi connectivity index (χ2v) is 7.78. The highest BCUT2D eigenvalue weighted by Gasteiger charge is 2.26. The summed E-state index contributed by atoms with van der Waals surface area (Å²) < 4.78 is 5.93. The molecule has 0 radical (unpaired) electrons. The SMILES string of the molecule is C=C(CN)CCC(N)c1cc(-c2ccc(C(C)C)cc2)c2c(c1C#N)CCO2. The molecule has 0 aromatic heterocycles. The molecule has 0 aliphatic carbocycles. The van der Waals surface area contributed by atoms with Crippen molar-refractivity contribution in [1.29, 1.82) is 5.26 Å². The quantitative estimate of drug-likeness (QED) is 0.694. The lowest BCUT2D eigenvalue weighted by molar-refractivity contribution is 0.358. The maximum Gasteiger partial charge on any atom is 0.131 e. The molecule has 0 bridgehead atoms. The average Bonchev–Trinajstić information content (AvgIpc) is 3.20. The monoisotopic (exact) mass is 375 g/mol. The van der Waals surface area contributed by atoms with Crippen LogP contribution in [0.3, 0.4) is 0 Å². The smallest absolute Gasteiger partial charge is 0.131 e. The van der Waals surface area contributed by atoms with E-state index in [1.165, 1.54) is 5.56 Å². The van der Waals surface area contributed by atoms with Gasteiger partial charge in [-0.25, -0.2) is 0 Å². The zero-order valence-electron chi connectivity index (χ0n) is 16.8. The van der Waals surface area contributed by atoms with E-state index in [-0.39, 0.29) is 6.04 Å². The van der Waals surface area contributed by atoms with Crippen LogP contribution in [0.15, 0.2) is 42.5 Å². The van der Waals surface area contributed by atoms with Crippen LogP contribution in [0.5, 0.6) is 5.75 Å². The zero-order valence-corrected chi connectivity index (χ0v) is 16.8. The molecule has 0 amide bonds. The van der Waals surface area contributed by atoms with E-state index in [4.69, 9.17) is 16.2 Å². The van der Waals surface area contributed by atoms with Gasteiger partial charge < -0.3 is 16.2 Å². The summed E-state index contributed by atoms with van der Waals surface area (Å²) in [6, 6.07) is 12.8. The summed E-state index contributed by atoms with van der Waals surface area (Å²) in [7, 11) is 0. The molecule has 1 unspecified atom stereocenters. The Labute approximate surface area is 167 Å². The molecule has 0 spiro atoms. The van der Waals surface area contributed by atoms with Crippen molar-refractivity contribution in [3.63, 3.8) is 0 Å². The summed E-state index contributed by atoms with van der Waals surface area (Å²) in [6.07, 6.45) is 2.22. The van der Waals surface area contributed by atoms with Gasteiger partial charge in [0.05, 0.1) is 18.2 Å². The normalized spacial score (nSPS) is 13.7. The molecule has 1 aliphatic rings. The van der Waals surface area contributed by atoms with E-state index in [9.17, 15) is 5.26 Å². The van der Waals surface area contributed by atoms with Crippen LogP contribution in [0.4, 0.5) is 0 Å². The number of hydrogen-bond acceptors (Lipinski definition) is 4. The molecular weight excluding hydrogens is 346 g/mol. The van der Waals surface area contributed by atoms with E-state index in [0.717, 1.165) is 52.8 Å². The van der Waals surface area contributed by atoms with Gasteiger partial charge in [0.15, 0.2) is 0 Å². The first-order valence-corrected chi connectivity index (χ1v) is 9.91. The Morgan fingerprint density at radius 3 is 2.61 bits per heavy atom. The van der Waals surface area contributed by atoms with Crippen molar-refractivity contribution in [2.24, 2.45) is 11.5 Å². The highest BCUT2D eigenvalue weighted by molar-refractivity contribution is 5.77. The van der Waals surface area contributed by atoms with Gasteiger partial charge in [-0.1, -0.05) is 50.3 Å². The van der Waals surface area contributed by atoms with Crippen LogP contribution in [0.25, 0.3) is 11.1 Å². The van der Waals surface area contributed by atoms with E-state index < -0.39 is 0 Å². The van der Waals surface area contributed by atoms with Gasteiger partial charge in [0.2, 0.25) is 0 Å². The lowest BCUT2D eigenvalue weighted by Crippen LogP contribution is -2.14. The molecule has 2 aromatic carbocycles. The van der Waals surface area contributed by atoms with Gasteiger partial charge >= 0.3 is 0 Å². The topological polar surface area (TPSA) is 85.1 Å². The molecule has 3 rings (SSSR count). The summed E-state index contributed by atoms with van der Waals surface area (Å²) in [5.41, 5.74) is 19.1. The van der Waals surface area contributed by atoms with Crippen LogP contribution in [-0.2, 0) is 6.42 Å². The van der Waals surface area contributed by atoms with Gasteiger partial charge in [-0.3, -0.25) is 0 Å². The molecule has 1 heterocycles. The fraction of sp³-hybridized carbons (Fsp3) is 0.375. The standard InChI is InChI=1S/C24H29N3O/c1-15(2)17-5-7-18(8-6-17)20-12-21(23(27)9-4-16(3)13-25)22(14-26)19-10-11-28-24(19)20/h5-8,12,15,23H,3-4,9-11,13,25,27H2,1-2H3. The maximum atomic E-state index is 9.82. The molecule has 0 saturated heterocycles. The van der Waals surface area contributed by atoms with E-state index in [2.05, 4.69) is 50.8 Å². The van der Waals surface area contributed by atoms with E-state index in [1.54, 1.807) is 0 Å². The minimum Gasteiger partial charge on any atom is -0.492 e. The largest absolute Gasteiger partial charge is 0.492 e. The molecule has 4 N–H and O–H groups in total. The summed E-state index contributed by atoms with van der Waals surface area (Å²) in [4.78, 5) is 0. The van der Waals surface area contributed by atoms with Crippen LogP contribution < -0.4 is 16.2 Å². The van der Waals surface area contributed by atoms with Crippen LogP contribution >= 0.6 is 0 Å². The molecule has 28 heavy (non-hydrogen) atoms. The Kier molecular flexibility index (Phi) is 6.18. The van der Waals surface area contributed by atoms with Crippen LogP contribution in [0, 0.1) is 11.3 Å². The summed E-state index contributed by atoms with van der Waals surface area (Å²) in [5.74, 6) is 1.31. The molecule has 4 heteroatoms. The third kappa shape index (κ3) is 3.96. The van der Waals surface area contributed by atoms with E-state index >= 15 is 0 Å². The van der Waals surface area contributed by atoms with Crippen LogP contribution in [0.2, 0.25) is 0 Å². The summed E-state index contributed by atoms with van der Waals surface area (Å²) in [6.45, 7) is 9.39. The third-order valence-electron chi connectivity index (χ3n) is 5.50. The van der Waals surface area contributed by atoms with Gasteiger partial charge in [0, 0.05) is 30.1 Å². The number of hydrogen-bond donors (Lipinski definition) is 2. The van der Waals surface area contributed by atoms with Crippen molar-refractivity contribution in [3.8, 4) is 22.9 Å². The molecule has 1 aliphatic heterocycles. The van der Waals surface area contributed by atoms with Crippen molar-refractivity contribution >= 4 is 0 Å². The first-order chi connectivity index (χ1) is 13.5. The fourth-order valence-electron chi connectivity index (χ4n) is 3.71. The van der Waals surface area contributed by atoms with Gasteiger partial charge in [0.1, 0.15) is 5.75 Å². The van der Waals surface area contributed by atoms with Crippen molar-refractivity contribution in [2.75, 3.05) is 13.2 Å². The van der Waals surface area contributed by atoms with Crippen molar-refractivity contribution in [2.45, 2.75) is 45.1 Å². The predicted octanol–water partition coefficient (Wildman–Crippen LogP) is 4.58. The van der Waals surface area contributed by atoms with Gasteiger partial charge in [-0.05, 0) is 41.5 Å². The molecule has 146 valence electrons. The molecule has 1 atom stereocenters. The van der Waals surface area contributed by atoms with Gasteiger partial charge in [0.25, 0.3) is 0 Å². The lowest BCUT2D eigenvalue weighted by atomic mass is 9.88. The number of nitrogens with two attached hydrogens (primary N) is 2. The number of benzene rings is 2. The second kappa shape index (κ2) is 8.60. The number of ether oxygens (including phenoxy) is 1. The summed E-state index contributed by atoms with van der Waals surface area (Å²) in [5, 5.41) is 9.82. The van der Waals surface area contributed by atoms with E-state index in [1.807, 2.05) is 6.07 Å². The minimum atomic E-state index is -0.238. The Balaban J connectivity index is 2.05.